The summed E-state index contributed by atoms with van der Waals surface area (Å²) in [7, 11) is 0. The van der Waals surface area contributed by atoms with Crippen LogP contribution in [0.25, 0.3) is 0 Å². The predicted molar refractivity (Wildman–Crippen MR) is 30.1 cm³/mol. The van der Waals surface area contributed by atoms with Gasteiger partial charge in [-0.1, -0.05) is 34.9 Å². The molecular weight excluding hydrogens is 137 g/mol. The molecule has 0 spiro atoms. The maximum Gasteiger partial charge on any atom is 0.186 e. The molecule has 0 amide bonds. The molecule has 0 radical (unpaired) electrons. The van der Waals surface area contributed by atoms with Crippen molar-refractivity contribution in [3.63, 3.8) is 0 Å². The van der Waals surface area contributed by atoms with Crippen LogP contribution >= 0.6 is 23.2 Å². The van der Waals surface area contributed by atoms with Gasteiger partial charge in [-0.3, -0.25) is 0 Å². The molecule has 0 aliphatic heterocycles. The summed E-state index contributed by atoms with van der Waals surface area (Å²) in [4.78, 5) is 0. The average Bonchev–Trinajstić information content (AvgIpc) is 1.65. The topological polar surface area (TPSA) is 32.6 Å². The van der Waals surface area contributed by atoms with E-state index in [4.69, 9.17) is 28.4 Å². The molecule has 0 rings (SSSR count). The van der Waals surface area contributed by atoms with Crippen LogP contribution in [0, 0.1) is 0 Å². The Kier molecular flexibility index (Phi) is 2.79. The number of hydrogen-bond acceptors (Lipinski definition) is 2. The van der Waals surface area contributed by atoms with E-state index in [-0.39, 0.29) is 10.2 Å². The summed E-state index contributed by atoms with van der Waals surface area (Å²) >= 11 is 10.2. The summed E-state index contributed by atoms with van der Waals surface area (Å²) in [5.74, 6) is 0. The Morgan fingerprint density at radius 2 is 2.00 bits per heavy atom. The lowest BCUT2D eigenvalue weighted by Gasteiger charge is -1.82. The number of halogens is 2. The van der Waals surface area contributed by atoms with Crippen molar-refractivity contribution in [1.29, 1.82) is 0 Å². The predicted octanol–water partition coefficient (Wildman–Crippen LogP) is 1.77. The van der Waals surface area contributed by atoms with Crippen molar-refractivity contribution in [3.05, 3.63) is 11.6 Å². The van der Waals surface area contributed by atoms with Crippen molar-refractivity contribution < 1.29 is 5.21 Å². The van der Waals surface area contributed by atoms with Crippen LogP contribution in [0.4, 0.5) is 0 Å². The molecule has 0 aliphatic rings. The highest BCUT2D eigenvalue weighted by Crippen LogP contribution is 2.02. The summed E-state index contributed by atoms with van der Waals surface area (Å²) < 4.78 is 0. The molecule has 0 unspecified atom stereocenters. The number of oxime groups is 1. The van der Waals surface area contributed by atoms with Crippen molar-refractivity contribution >= 4 is 28.4 Å². The molecule has 0 aliphatic carbocycles. The third-order valence-corrected chi connectivity index (χ3v) is 0.891. The first-order chi connectivity index (χ1) is 3.18. The van der Waals surface area contributed by atoms with Gasteiger partial charge in [-0.2, -0.15) is 0 Å². The third-order valence-electron chi connectivity index (χ3n) is 0.312. The summed E-state index contributed by atoms with van der Waals surface area (Å²) in [6.45, 7) is 3.17. The second-order valence-corrected chi connectivity index (χ2v) is 1.61. The molecule has 4 heteroatoms. The van der Waals surface area contributed by atoms with Crippen LogP contribution in [0.15, 0.2) is 16.8 Å². The number of allylic oxidation sites excluding steroid dienone is 1. The first-order valence-electron chi connectivity index (χ1n) is 1.41. The van der Waals surface area contributed by atoms with Gasteiger partial charge in [0, 0.05) is 0 Å². The maximum atomic E-state index is 7.82. The summed E-state index contributed by atoms with van der Waals surface area (Å²) in [5.41, 5.74) is 0. The first-order valence-corrected chi connectivity index (χ1v) is 2.16. The van der Waals surface area contributed by atoms with Gasteiger partial charge in [0.15, 0.2) is 5.17 Å². The molecule has 0 saturated carbocycles. The highest BCUT2D eigenvalue weighted by atomic mass is 35.5. The third kappa shape index (κ3) is 2.48. The Hall–Kier alpha value is -0.210. The Bertz CT molecular complexity index is 110. The fourth-order valence-electron chi connectivity index (χ4n) is 0.0543. The molecule has 1 N–H and O–H groups in total. The largest absolute Gasteiger partial charge is 0.410 e. The van der Waals surface area contributed by atoms with E-state index >= 15 is 0 Å². The lowest BCUT2D eigenvalue weighted by Crippen LogP contribution is -1.81. The van der Waals surface area contributed by atoms with Crippen molar-refractivity contribution in [2.24, 2.45) is 5.16 Å². The van der Waals surface area contributed by atoms with Crippen LogP contribution in [0.2, 0.25) is 0 Å². The van der Waals surface area contributed by atoms with Gasteiger partial charge in [-0.15, -0.1) is 0 Å². The van der Waals surface area contributed by atoms with Gasteiger partial charge < -0.3 is 5.21 Å². The van der Waals surface area contributed by atoms with Crippen molar-refractivity contribution in [2.45, 2.75) is 0 Å². The monoisotopic (exact) mass is 139 g/mol. The van der Waals surface area contributed by atoms with E-state index in [0.717, 1.165) is 0 Å². The SMILES string of the molecule is C=C(Cl)/C(Cl)=N/O. The highest BCUT2D eigenvalue weighted by molar-refractivity contribution is 6.75. The van der Waals surface area contributed by atoms with Crippen LogP contribution in [-0.4, -0.2) is 10.4 Å². The van der Waals surface area contributed by atoms with E-state index in [9.17, 15) is 0 Å². The van der Waals surface area contributed by atoms with E-state index in [0.29, 0.717) is 0 Å². The van der Waals surface area contributed by atoms with E-state index < -0.39 is 0 Å². The molecule has 0 heterocycles. The molecule has 0 atom stereocenters. The van der Waals surface area contributed by atoms with Gasteiger partial charge in [0.05, 0.1) is 5.03 Å². The van der Waals surface area contributed by atoms with Crippen LogP contribution in [0.1, 0.15) is 0 Å². The molecule has 0 fully saturated rings. The van der Waals surface area contributed by atoms with Gasteiger partial charge in [-0.05, 0) is 0 Å². The molecule has 0 saturated heterocycles. The second-order valence-electron chi connectivity index (χ2n) is 0.796. The summed E-state index contributed by atoms with van der Waals surface area (Å²) in [6.07, 6.45) is 0. The standard InChI is InChI=1S/C3H3Cl2NO/c1-2(4)3(5)6-7/h7H,1H2/b6-3-. The minimum Gasteiger partial charge on any atom is -0.410 e. The normalized spacial score (nSPS) is 11.4. The lowest BCUT2D eigenvalue weighted by molar-refractivity contribution is 0.321. The minimum atomic E-state index is -0.179. The average molecular weight is 140 g/mol. The summed E-state index contributed by atoms with van der Waals surface area (Å²) in [6, 6.07) is 0. The second kappa shape index (κ2) is 2.88. The molecule has 40 valence electrons. The fourth-order valence-corrected chi connectivity index (χ4v) is 0.0921. The maximum absolute atomic E-state index is 7.82. The van der Waals surface area contributed by atoms with Crippen LogP contribution < -0.4 is 0 Å². The van der Waals surface area contributed by atoms with Gasteiger partial charge >= 0.3 is 0 Å². The smallest absolute Gasteiger partial charge is 0.186 e. The molecule has 7 heavy (non-hydrogen) atoms. The molecule has 0 aromatic rings. The fraction of sp³-hybridized carbons (Fsp3) is 0. The molecule has 2 nitrogen and oxygen atoms in total. The minimum absolute atomic E-state index is 0.0316. The van der Waals surface area contributed by atoms with Crippen LogP contribution in [-0.2, 0) is 0 Å². The van der Waals surface area contributed by atoms with Gasteiger partial charge in [0.1, 0.15) is 0 Å². The zero-order valence-corrected chi connectivity index (χ0v) is 4.87. The van der Waals surface area contributed by atoms with Crippen LogP contribution in [0.3, 0.4) is 0 Å². The molecule has 0 aromatic heterocycles. The summed E-state index contributed by atoms with van der Waals surface area (Å²) in [5, 5.41) is 10.2. The van der Waals surface area contributed by atoms with Gasteiger partial charge in [-0.25, -0.2) is 0 Å². The van der Waals surface area contributed by atoms with Gasteiger partial charge in [0.2, 0.25) is 0 Å². The highest BCUT2D eigenvalue weighted by Gasteiger charge is 1.92. The molecule has 0 aromatic carbocycles. The zero-order valence-electron chi connectivity index (χ0n) is 3.36. The van der Waals surface area contributed by atoms with E-state index in [1.165, 1.54) is 0 Å². The molecular formula is C3H3Cl2NO. The number of hydrogen-bond donors (Lipinski definition) is 1. The van der Waals surface area contributed by atoms with Crippen molar-refractivity contribution in [2.75, 3.05) is 0 Å². The zero-order chi connectivity index (χ0) is 5.86. The quantitative estimate of drug-likeness (QED) is 0.336. The van der Waals surface area contributed by atoms with E-state index in [1.54, 1.807) is 0 Å². The van der Waals surface area contributed by atoms with Crippen molar-refractivity contribution in [1.82, 2.24) is 0 Å². The Balaban J connectivity index is 3.82. The number of rotatable bonds is 1. The first kappa shape index (κ1) is 6.79. The Morgan fingerprint density at radius 1 is 1.57 bits per heavy atom. The molecule has 0 bridgehead atoms. The lowest BCUT2D eigenvalue weighted by atomic mass is 10.7. The Morgan fingerprint density at radius 3 is 2.00 bits per heavy atom. The van der Waals surface area contributed by atoms with E-state index in [2.05, 4.69) is 11.7 Å². The Labute approximate surface area is 51.0 Å². The van der Waals surface area contributed by atoms with Crippen LogP contribution in [0.5, 0.6) is 0 Å². The number of nitrogens with zero attached hydrogens (tertiary/aromatic N) is 1. The van der Waals surface area contributed by atoms with Crippen molar-refractivity contribution in [3.8, 4) is 0 Å². The van der Waals surface area contributed by atoms with Gasteiger partial charge in [0.25, 0.3) is 0 Å². The van der Waals surface area contributed by atoms with E-state index in [1.807, 2.05) is 0 Å².